The fourth-order valence-corrected chi connectivity index (χ4v) is 3.97. The van der Waals surface area contributed by atoms with Gasteiger partial charge < -0.3 is 5.11 Å². The maximum Gasteiger partial charge on any atom is 0.458 e. The summed E-state index contributed by atoms with van der Waals surface area (Å²) < 4.78 is 78.4. The molecule has 136 valence electrons. The SMILES string of the molecule is CCc1c(C(=O)O)ccc(C(F)(F)C(F)(F)F)c1[S@](=O)CC(C)C. The lowest BCUT2D eigenvalue weighted by Crippen LogP contribution is -2.35. The predicted octanol–water partition coefficient (Wildman–Crippen LogP) is 4.36. The summed E-state index contributed by atoms with van der Waals surface area (Å²) in [5.41, 5.74) is -2.13. The van der Waals surface area contributed by atoms with Crippen LogP contribution in [0.15, 0.2) is 17.0 Å². The third-order valence-corrected chi connectivity index (χ3v) is 5.14. The Morgan fingerprint density at radius 3 is 2.12 bits per heavy atom. The van der Waals surface area contributed by atoms with Crippen LogP contribution in [0.4, 0.5) is 22.0 Å². The van der Waals surface area contributed by atoms with E-state index in [0.29, 0.717) is 12.1 Å². The number of hydrogen-bond acceptors (Lipinski definition) is 2. The molecule has 0 amide bonds. The average molecular weight is 372 g/mol. The van der Waals surface area contributed by atoms with Crippen LogP contribution in [0.3, 0.4) is 0 Å². The van der Waals surface area contributed by atoms with E-state index in [0.717, 1.165) is 0 Å². The molecule has 0 aliphatic carbocycles. The van der Waals surface area contributed by atoms with Crippen LogP contribution in [0, 0.1) is 5.92 Å². The zero-order valence-corrected chi connectivity index (χ0v) is 14.0. The van der Waals surface area contributed by atoms with Gasteiger partial charge in [0, 0.05) is 11.3 Å². The minimum atomic E-state index is -5.88. The minimum Gasteiger partial charge on any atom is -0.478 e. The molecule has 1 rings (SSSR count). The number of benzene rings is 1. The van der Waals surface area contributed by atoms with E-state index >= 15 is 0 Å². The Hall–Kier alpha value is -1.51. The van der Waals surface area contributed by atoms with Gasteiger partial charge in [0.2, 0.25) is 0 Å². The molecule has 0 bridgehead atoms. The van der Waals surface area contributed by atoms with Gasteiger partial charge in [0.1, 0.15) is 0 Å². The highest BCUT2D eigenvalue weighted by molar-refractivity contribution is 7.85. The van der Waals surface area contributed by atoms with Crippen LogP contribution in [-0.4, -0.2) is 27.2 Å². The molecule has 0 unspecified atom stereocenters. The number of hydrogen-bond donors (Lipinski definition) is 1. The average Bonchev–Trinajstić information content (AvgIpc) is 2.43. The van der Waals surface area contributed by atoms with E-state index in [2.05, 4.69) is 0 Å². The number of halogens is 5. The number of carboxylic acid groups (broad SMARTS) is 1. The van der Waals surface area contributed by atoms with Crippen LogP contribution in [0.5, 0.6) is 0 Å². The van der Waals surface area contributed by atoms with Crippen LogP contribution in [0.1, 0.15) is 42.3 Å². The summed E-state index contributed by atoms with van der Waals surface area (Å²) in [5.74, 6) is -7.10. The van der Waals surface area contributed by atoms with Crippen molar-refractivity contribution in [2.75, 3.05) is 5.75 Å². The van der Waals surface area contributed by atoms with E-state index in [1.165, 1.54) is 6.92 Å². The molecule has 0 heterocycles. The summed E-state index contributed by atoms with van der Waals surface area (Å²) in [6, 6.07) is 1.11. The lowest BCUT2D eigenvalue weighted by molar-refractivity contribution is -0.290. The van der Waals surface area contributed by atoms with Gasteiger partial charge in [0.15, 0.2) is 0 Å². The third-order valence-electron chi connectivity index (χ3n) is 3.25. The molecule has 3 nitrogen and oxygen atoms in total. The zero-order valence-electron chi connectivity index (χ0n) is 13.2. The predicted molar refractivity (Wildman–Crippen MR) is 78.8 cm³/mol. The quantitative estimate of drug-likeness (QED) is 0.755. The molecule has 24 heavy (non-hydrogen) atoms. The first-order valence-corrected chi connectivity index (χ1v) is 8.39. The molecule has 9 heteroatoms. The molecule has 0 saturated heterocycles. The molecule has 1 aromatic rings. The van der Waals surface area contributed by atoms with E-state index in [-0.39, 0.29) is 23.7 Å². The second-order valence-corrected chi connectivity index (χ2v) is 7.04. The third kappa shape index (κ3) is 3.93. The van der Waals surface area contributed by atoms with Crippen molar-refractivity contribution in [3.8, 4) is 0 Å². The first-order chi connectivity index (χ1) is 10.8. The summed E-state index contributed by atoms with van der Waals surface area (Å²) in [7, 11) is -2.19. The maximum atomic E-state index is 13.9. The topological polar surface area (TPSA) is 54.4 Å². The van der Waals surface area contributed by atoms with Crippen LogP contribution in [0.2, 0.25) is 0 Å². The van der Waals surface area contributed by atoms with Crippen LogP contribution in [0.25, 0.3) is 0 Å². The van der Waals surface area contributed by atoms with Gasteiger partial charge in [-0.15, -0.1) is 0 Å². The van der Waals surface area contributed by atoms with E-state index in [1.807, 2.05) is 0 Å². The normalized spacial score (nSPS) is 14.0. The molecule has 1 atom stereocenters. The molecule has 0 fully saturated rings. The lowest BCUT2D eigenvalue weighted by Gasteiger charge is -2.24. The van der Waals surface area contributed by atoms with Gasteiger partial charge in [-0.1, -0.05) is 26.8 Å². The van der Waals surface area contributed by atoms with E-state index < -0.39 is 44.9 Å². The second-order valence-electron chi connectivity index (χ2n) is 5.61. The minimum absolute atomic E-state index is 0.136. The molecule has 0 saturated carbocycles. The zero-order chi connectivity index (χ0) is 18.9. The molecule has 0 aliphatic heterocycles. The van der Waals surface area contributed by atoms with Gasteiger partial charge in [-0.25, -0.2) is 4.79 Å². The molecule has 0 aromatic heterocycles. The van der Waals surface area contributed by atoms with E-state index in [4.69, 9.17) is 5.11 Å². The molecular weight excluding hydrogens is 355 g/mol. The van der Waals surface area contributed by atoms with Crippen molar-refractivity contribution < 1.29 is 36.1 Å². The number of alkyl halides is 5. The van der Waals surface area contributed by atoms with Gasteiger partial charge in [0.05, 0.1) is 21.3 Å². The van der Waals surface area contributed by atoms with E-state index in [9.17, 15) is 31.0 Å². The van der Waals surface area contributed by atoms with Gasteiger partial charge in [-0.3, -0.25) is 4.21 Å². The van der Waals surface area contributed by atoms with Crippen molar-refractivity contribution in [1.29, 1.82) is 0 Å². The number of carboxylic acids is 1. The van der Waals surface area contributed by atoms with E-state index in [1.54, 1.807) is 13.8 Å². The number of rotatable bonds is 6. The second kappa shape index (κ2) is 7.16. The molecule has 0 aliphatic rings. The summed E-state index contributed by atoms with van der Waals surface area (Å²) in [6.45, 7) is 4.67. The Bertz CT molecular complexity index is 653. The van der Waals surface area contributed by atoms with Crippen molar-refractivity contribution in [2.45, 2.75) is 44.2 Å². The standard InChI is InChI=1S/C15H17F5O3S/c1-4-9-10(13(21)22)5-6-11(14(16,17)15(18,19)20)12(9)24(23)7-8(2)3/h5-6,8H,4,7H2,1-3H3,(H,21,22)/t24-/m1/s1. The smallest absolute Gasteiger partial charge is 0.458 e. The first kappa shape index (κ1) is 20.5. The fourth-order valence-electron chi connectivity index (χ4n) is 2.23. The molecule has 1 N–H and O–H groups in total. The van der Waals surface area contributed by atoms with Crippen molar-refractivity contribution in [3.63, 3.8) is 0 Å². The van der Waals surface area contributed by atoms with Crippen LogP contribution < -0.4 is 0 Å². The van der Waals surface area contributed by atoms with Gasteiger partial charge in [0.25, 0.3) is 0 Å². The lowest BCUT2D eigenvalue weighted by atomic mass is 9.98. The Balaban J connectivity index is 3.78. The van der Waals surface area contributed by atoms with Gasteiger partial charge >= 0.3 is 18.1 Å². The van der Waals surface area contributed by atoms with Crippen LogP contribution >= 0.6 is 0 Å². The Labute approximate surface area is 138 Å². The Morgan fingerprint density at radius 2 is 1.75 bits per heavy atom. The molecule has 0 spiro atoms. The Morgan fingerprint density at radius 1 is 1.21 bits per heavy atom. The summed E-state index contributed by atoms with van der Waals surface area (Å²) in [4.78, 5) is 10.5. The van der Waals surface area contributed by atoms with Crippen molar-refractivity contribution in [1.82, 2.24) is 0 Å². The number of carbonyl (C=O) groups is 1. The summed E-state index contributed by atoms with van der Waals surface area (Å²) >= 11 is 0. The largest absolute Gasteiger partial charge is 0.478 e. The monoisotopic (exact) mass is 372 g/mol. The number of aromatic carboxylic acids is 1. The van der Waals surface area contributed by atoms with Crippen molar-refractivity contribution in [3.05, 3.63) is 28.8 Å². The maximum absolute atomic E-state index is 13.9. The highest BCUT2D eigenvalue weighted by Crippen LogP contribution is 2.47. The molecule has 0 radical (unpaired) electrons. The highest BCUT2D eigenvalue weighted by atomic mass is 32.2. The molecule has 1 aromatic carbocycles. The molecular formula is C15H17F5O3S. The fraction of sp³-hybridized carbons (Fsp3) is 0.533. The summed E-state index contributed by atoms with van der Waals surface area (Å²) in [5, 5.41) is 9.13. The van der Waals surface area contributed by atoms with Gasteiger partial charge in [-0.05, 0) is 24.0 Å². The van der Waals surface area contributed by atoms with Crippen LogP contribution in [-0.2, 0) is 23.1 Å². The van der Waals surface area contributed by atoms with Crippen molar-refractivity contribution in [2.24, 2.45) is 5.92 Å². The summed E-state index contributed by atoms with van der Waals surface area (Å²) in [6.07, 6.45) is -6.01. The Kier molecular flexibility index (Phi) is 6.13. The van der Waals surface area contributed by atoms with Gasteiger partial charge in [-0.2, -0.15) is 22.0 Å². The first-order valence-electron chi connectivity index (χ1n) is 7.07. The van der Waals surface area contributed by atoms with Crippen molar-refractivity contribution >= 4 is 16.8 Å². The highest BCUT2D eigenvalue weighted by Gasteiger charge is 2.60.